The van der Waals surface area contributed by atoms with Gasteiger partial charge in [-0.15, -0.1) is 0 Å². The molecule has 172 valence electrons. The largest absolute Gasteiger partial charge is 0.344 e. The third-order valence-electron chi connectivity index (χ3n) is 7.62. The molecule has 0 spiro atoms. The number of nitrogens with zero attached hydrogens (tertiary/aromatic N) is 2. The highest BCUT2D eigenvalue weighted by Gasteiger charge is 2.57. The van der Waals surface area contributed by atoms with E-state index < -0.39 is 5.66 Å². The number of hydrogen-bond acceptors (Lipinski definition) is 4. The maximum atomic E-state index is 12.7. The zero-order valence-corrected chi connectivity index (χ0v) is 20.7. The minimum atomic E-state index is -0.586. The van der Waals surface area contributed by atoms with Crippen LogP contribution in [0.25, 0.3) is 6.08 Å². The molecule has 0 aromatic heterocycles. The molecule has 0 aliphatic carbocycles. The van der Waals surface area contributed by atoms with Crippen LogP contribution in [0, 0.1) is 0 Å². The molecule has 3 aromatic carbocycles. The van der Waals surface area contributed by atoms with Gasteiger partial charge in [-0.1, -0.05) is 68.1 Å². The number of para-hydroxylation sites is 2. The van der Waals surface area contributed by atoms with E-state index in [1.807, 2.05) is 11.8 Å². The second kappa shape index (κ2) is 7.67. The first kappa shape index (κ1) is 21.4. The Kier molecular flexibility index (Phi) is 4.82. The Labute approximate surface area is 205 Å². The molecule has 4 nitrogen and oxygen atoms in total. The van der Waals surface area contributed by atoms with Gasteiger partial charge in [-0.3, -0.25) is 4.79 Å². The van der Waals surface area contributed by atoms with Crippen LogP contribution in [-0.2, 0) is 10.2 Å². The molecule has 0 unspecified atom stereocenters. The third kappa shape index (κ3) is 2.96. The van der Waals surface area contributed by atoms with Gasteiger partial charge in [0.15, 0.2) is 0 Å². The molecule has 0 bridgehead atoms. The second-order valence-electron chi connectivity index (χ2n) is 9.73. The predicted octanol–water partition coefficient (Wildman–Crippen LogP) is 6.34. The molecule has 6 rings (SSSR count). The van der Waals surface area contributed by atoms with E-state index in [0.717, 1.165) is 18.7 Å². The molecular formula is C29H29N3OS. The molecule has 3 aromatic rings. The Morgan fingerprint density at radius 3 is 2.53 bits per heavy atom. The monoisotopic (exact) mass is 467 g/mol. The lowest BCUT2D eigenvalue weighted by atomic mass is 9.74. The Morgan fingerprint density at radius 1 is 0.971 bits per heavy atom. The van der Waals surface area contributed by atoms with E-state index in [-0.39, 0.29) is 11.3 Å². The molecule has 3 aliphatic rings. The Bertz CT molecular complexity index is 1330. The van der Waals surface area contributed by atoms with Crippen molar-refractivity contribution in [2.24, 2.45) is 0 Å². The summed E-state index contributed by atoms with van der Waals surface area (Å²) in [6.07, 6.45) is 4.91. The van der Waals surface area contributed by atoms with Crippen molar-refractivity contribution >= 4 is 40.8 Å². The highest BCUT2D eigenvalue weighted by molar-refractivity contribution is 7.99. The summed E-state index contributed by atoms with van der Waals surface area (Å²) in [7, 11) is 0. The summed E-state index contributed by atoms with van der Waals surface area (Å²) in [5.41, 5.74) is 5.31. The molecule has 0 saturated carbocycles. The van der Waals surface area contributed by atoms with Crippen LogP contribution in [0.2, 0.25) is 0 Å². The summed E-state index contributed by atoms with van der Waals surface area (Å²) in [4.78, 5) is 20.0. The van der Waals surface area contributed by atoms with Gasteiger partial charge < -0.3 is 15.1 Å². The highest BCUT2D eigenvalue weighted by Crippen LogP contribution is 2.53. The standard InChI is InChI=1S/C29H29N3OS/c1-4-31-23-11-7-8-12-25(23)34-26-19-20(13-14-24(26)31)15-17-29-28(2,3)21-9-5-6-10-22(21)32(29)18-16-27(33)30-29/h5-15,17,19H,4,16,18H2,1-3H3,(H,30,33)/b17-15+/t29-/m1/s1. The normalized spacial score (nSPS) is 22.1. The zero-order chi connectivity index (χ0) is 23.5. The minimum Gasteiger partial charge on any atom is -0.344 e. The van der Waals surface area contributed by atoms with Crippen molar-refractivity contribution < 1.29 is 4.79 Å². The van der Waals surface area contributed by atoms with Crippen molar-refractivity contribution in [1.29, 1.82) is 0 Å². The van der Waals surface area contributed by atoms with Crippen LogP contribution < -0.4 is 15.1 Å². The van der Waals surface area contributed by atoms with Crippen molar-refractivity contribution in [3.63, 3.8) is 0 Å². The number of carbonyl (C=O) groups is 1. The van der Waals surface area contributed by atoms with Crippen molar-refractivity contribution in [2.75, 3.05) is 22.9 Å². The number of anilines is 3. The van der Waals surface area contributed by atoms with Crippen LogP contribution in [0.15, 0.2) is 82.6 Å². The van der Waals surface area contributed by atoms with Crippen molar-refractivity contribution in [3.8, 4) is 0 Å². The van der Waals surface area contributed by atoms with Crippen LogP contribution in [0.1, 0.15) is 38.3 Å². The molecule has 3 aliphatic heterocycles. The number of nitrogens with one attached hydrogen (secondary N) is 1. The summed E-state index contributed by atoms with van der Waals surface area (Å²) >= 11 is 1.83. The number of rotatable bonds is 3. The molecule has 3 heterocycles. The van der Waals surface area contributed by atoms with Crippen LogP contribution in [0.5, 0.6) is 0 Å². The highest BCUT2D eigenvalue weighted by atomic mass is 32.2. The van der Waals surface area contributed by atoms with Crippen LogP contribution >= 0.6 is 11.8 Å². The van der Waals surface area contributed by atoms with Gasteiger partial charge in [0, 0.05) is 40.4 Å². The quantitative estimate of drug-likeness (QED) is 0.488. The van der Waals surface area contributed by atoms with Gasteiger partial charge in [-0.25, -0.2) is 0 Å². The number of benzene rings is 3. The minimum absolute atomic E-state index is 0.109. The fourth-order valence-electron chi connectivity index (χ4n) is 5.83. The van der Waals surface area contributed by atoms with E-state index in [9.17, 15) is 4.79 Å². The van der Waals surface area contributed by atoms with Gasteiger partial charge in [0.1, 0.15) is 5.66 Å². The predicted molar refractivity (Wildman–Crippen MR) is 141 cm³/mol. The van der Waals surface area contributed by atoms with E-state index in [0.29, 0.717) is 6.42 Å². The molecule has 1 fully saturated rings. The fraction of sp³-hybridized carbons (Fsp3) is 0.276. The van der Waals surface area contributed by atoms with E-state index in [1.54, 1.807) is 0 Å². The number of amides is 1. The van der Waals surface area contributed by atoms with E-state index in [2.05, 4.69) is 115 Å². The molecule has 1 atom stereocenters. The number of fused-ring (bicyclic) bond motifs is 5. The first-order valence-electron chi connectivity index (χ1n) is 12.0. The lowest BCUT2D eigenvalue weighted by molar-refractivity contribution is -0.124. The summed E-state index contributed by atoms with van der Waals surface area (Å²) < 4.78 is 0. The average Bonchev–Trinajstić information content (AvgIpc) is 3.04. The average molecular weight is 468 g/mol. The fourth-order valence-corrected chi connectivity index (χ4v) is 6.97. The molecular weight excluding hydrogens is 438 g/mol. The van der Waals surface area contributed by atoms with Crippen LogP contribution in [0.3, 0.4) is 0 Å². The molecule has 5 heteroatoms. The molecule has 34 heavy (non-hydrogen) atoms. The van der Waals surface area contributed by atoms with E-state index >= 15 is 0 Å². The number of carbonyl (C=O) groups excluding carboxylic acids is 1. The maximum Gasteiger partial charge on any atom is 0.223 e. The second-order valence-corrected chi connectivity index (χ2v) is 10.8. The Hall–Kier alpha value is -3.18. The van der Waals surface area contributed by atoms with Gasteiger partial charge in [0.25, 0.3) is 0 Å². The third-order valence-corrected chi connectivity index (χ3v) is 8.74. The van der Waals surface area contributed by atoms with Crippen molar-refractivity contribution in [2.45, 2.75) is 48.1 Å². The van der Waals surface area contributed by atoms with Gasteiger partial charge in [-0.05, 0) is 54.5 Å². The van der Waals surface area contributed by atoms with E-state index in [4.69, 9.17) is 0 Å². The van der Waals surface area contributed by atoms with Crippen LogP contribution in [0.4, 0.5) is 17.1 Å². The summed E-state index contributed by atoms with van der Waals surface area (Å²) in [6, 6.07) is 23.8. The van der Waals surface area contributed by atoms with Crippen molar-refractivity contribution in [3.05, 3.63) is 83.9 Å². The van der Waals surface area contributed by atoms with E-state index in [1.165, 1.54) is 32.4 Å². The van der Waals surface area contributed by atoms with Gasteiger partial charge in [-0.2, -0.15) is 0 Å². The topological polar surface area (TPSA) is 35.6 Å². The summed E-state index contributed by atoms with van der Waals surface area (Å²) in [6.45, 7) is 8.32. The van der Waals surface area contributed by atoms with Crippen molar-refractivity contribution in [1.82, 2.24) is 5.32 Å². The molecule has 1 saturated heterocycles. The lowest BCUT2D eigenvalue weighted by Crippen LogP contribution is -2.68. The number of hydrogen-bond donors (Lipinski definition) is 1. The van der Waals surface area contributed by atoms with Gasteiger partial charge in [0.05, 0.1) is 11.4 Å². The first-order chi connectivity index (χ1) is 16.4. The lowest BCUT2D eigenvalue weighted by Gasteiger charge is -2.49. The zero-order valence-electron chi connectivity index (χ0n) is 19.8. The molecule has 1 N–H and O–H groups in total. The first-order valence-corrected chi connectivity index (χ1v) is 12.8. The summed E-state index contributed by atoms with van der Waals surface area (Å²) in [5, 5.41) is 3.38. The molecule has 0 radical (unpaired) electrons. The van der Waals surface area contributed by atoms with Gasteiger partial charge in [0.2, 0.25) is 5.91 Å². The smallest absolute Gasteiger partial charge is 0.223 e. The Morgan fingerprint density at radius 2 is 1.71 bits per heavy atom. The Balaban J connectivity index is 1.40. The summed E-state index contributed by atoms with van der Waals surface area (Å²) in [5.74, 6) is 0.109. The van der Waals surface area contributed by atoms with Crippen LogP contribution in [-0.4, -0.2) is 24.7 Å². The maximum absolute atomic E-state index is 12.7. The SMILES string of the molecule is CCN1c2ccccc2Sc2cc(/C=C/[C@@]34NC(=O)CCN3c3ccccc3C4(C)C)ccc21. The van der Waals surface area contributed by atoms with Gasteiger partial charge >= 0.3 is 0 Å². The molecule has 1 amide bonds.